The highest BCUT2D eigenvalue weighted by atomic mass is 19.1. The Morgan fingerprint density at radius 3 is 2.29 bits per heavy atom. The quantitative estimate of drug-likeness (QED) is 0.553. The predicted molar refractivity (Wildman–Crippen MR) is 92.5 cm³/mol. The van der Waals surface area contributed by atoms with E-state index in [0.29, 0.717) is 4.90 Å². The van der Waals surface area contributed by atoms with Gasteiger partial charge >= 0.3 is 12.1 Å². The molecule has 0 aliphatic carbocycles. The molecule has 0 bridgehead atoms. The Bertz CT molecular complexity index is 776. The molecule has 1 aromatic rings. The Labute approximate surface area is 160 Å². The Hall–Kier alpha value is -2.91. The number of halogens is 2. The molecular weight excluding hydrogens is 378 g/mol. The Kier molecular flexibility index (Phi) is 7.71. The smallest absolute Gasteiger partial charge is 0.417 e. The first-order chi connectivity index (χ1) is 12.8. The first-order valence-electron chi connectivity index (χ1n) is 8.44. The molecule has 0 saturated carbocycles. The van der Waals surface area contributed by atoms with Gasteiger partial charge < -0.3 is 9.84 Å². The highest BCUT2D eigenvalue weighted by Crippen LogP contribution is 2.18. The zero-order valence-corrected chi connectivity index (χ0v) is 16.0. The van der Waals surface area contributed by atoms with E-state index >= 15 is 0 Å². The van der Waals surface area contributed by atoms with Gasteiger partial charge in [-0.1, -0.05) is 0 Å². The van der Waals surface area contributed by atoms with Gasteiger partial charge in [0, 0.05) is 13.3 Å². The molecule has 2 amide bonds. The lowest BCUT2D eigenvalue weighted by Gasteiger charge is -2.29. The normalized spacial score (nSPS) is 12.2. The number of carboxylic acid groups (broad SMARTS) is 1. The minimum Gasteiger partial charge on any atom is -0.480 e. The maximum Gasteiger partial charge on any atom is 0.417 e. The number of ketones is 1. The summed E-state index contributed by atoms with van der Waals surface area (Å²) in [6.07, 6.45) is -1.73. The van der Waals surface area contributed by atoms with Crippen molar-refractivity contribution >= 4 is 23.8 Å². The van der Waals surface area contributed by atoms with Gasteiger partial charge in [0.2, 0.25) is 17.8 Å². The number of imide groups is 1. The fourth-order valence-electron chi connectivity index (χ4n) is 2.36. The zero-order chi connectivity index (χ0) is 21.6. The molecule has 1 N–H and O–H groups in total. The van der Waals surface area contributed by atoms with Crippen LogP contribution < -0.4 is 0 Å². The lowest BCUT2D eigenvalue weighted by molar-refractivity contribution is -0.149. The summed E-state index contributed by atoms with van der Waals surface area (Å²) < 4.78 is 31.4. The number of Topliss-reactive ketones (excluding diaryl/α,β-unsaturated/α-hetero) is 1. The largest absolute Gasteiger partial charge is 0.480 e. The second kappa shape index (κ2) is 9.34. The molecule has 154 valence electrons. The number of carbonyl (C=O) groups excluding carboxylic acids is 3. The number of carbonyl (C=O) groups is 4. The summed E-state index contributed by atoms with van der Waals surface area (Å²) in [5, 5.41) is 9.40. The number of aromatic nitrogens is 1. The number of pyridine rings is 1. The van der Waals surface area contributed by atoms with Gasteiger partial charge in [0.25, 0.3) is 0 Å². The molecule has 10 heteroatoms. The zero-order valence-electron chi connectivity index (χ0n) is 16.0. The van der Waals surface area contributed by atoms with Crippen molar-refractivity contribution in [2.45, 2.75) is 58.6 Å². The molecule has 0 spiro atoms. The third-order valence-electron chi connectivity index (χ3n) is 3.52. The van der Waals surface area contributed by atoms with Gasteiger partial charge in [-0.3, -0.25) is 9.59 Å². The number of hydrogen-bond donors (Lipinski definition) is 1. The average Bonchev–Trinajstić information content (AvgIpc) is 2.51. The van der Waals surface area contributed by atoms with Crippen LogP contribution in [-0.2, 0) is 14.3 Å². The summed E-state index contributed by atoms with van der Waals surface area (Å²) in [4.78, 5) is 51.0. The number of nitrogens with zero attached hydrogens (tertiary/aromatic N) is 2. The van der Waals surface area contributed by atoms with Crippen LogP contribution in [0.5, 0.6) is 0 Å². The second-order valence-corrected chi connectivity index (χ2v) is 7.01. The maximum absolute atomic E-state index is 13.5. The molecule has 1 unspecified atom stereocenters. The highest BCUT2D eigenvalue weighted by Gasteiger charge is 2.35. The van der Waals surface area contributed by atoms with Crippen LogP contribution in [0.25, 0.3) is 0 Å². The molecule has 0 radical (unpaired) electrons. The van der Waals surface area contributed by atoms with Gasteiger partial charge in [-0.15, -0.1) is 0 Å². The number of amides is 2. The molecule has 0 aliphatic rings. The fourth-order valence-corrected chi connectivity index (χ4v) is 2.36. The number of carboxylic acids is 1. The summed E-state index contributed by atoms with van der Waals surface area (Å²) in [6, 6.07) is 0.212. The van der Waals surface area contributed by atoms with Crippen molar-refractivity contribution < 1.29 is 37.8 Å². The molecule has 0 fully saturated rings. The molecule has 0 saturated heterocycles. The SMILES string of the molecule is CC(=O)N(C(=O)OC(C)(C)C)C(CCCC(=O)c1ccc(F)nc1F)C(=O)O. The molecule has 1 atom stereocenters. The molecular formula is C18H22F2N2O6. The van der Waals surface area contributed by atoms with E-state index < -0.39 is 52.9 Å². The minimum absolute atomic E-state index is 0.0702. The van der Waals surface area contributed by atoms with E-state index in [1.807, 2.05) is 0 Å². The first kappa shape index (κ1) is 23.1. The van der Waals surface area contributed by atoms with Crippen molar-refractivity contribution in [1.29, 1.82) is 0 Å². The first-order valence-corrected chi connectivity index (χ1v) is 8.44. The molecule has 0 aliphatic heterocycles. The Balaban J connectivity index is 2.85. The number of rotatable bonds is 7. The predicted octanol–water partition coefficient (Wildman–Crippen LogP) is 2.95. The van der Waals surface area contributed by atoms with Gasteiger partial charge in [0.1, 0.15) is 11.6 Å². The Morgan fingerprint density at radius 1 is 1.21 bits per heavy atom. The van der Waals surface area contributed by atoms with Crippen LogP contribution in [0.15, 0.2) is 12.1 Å². The van der Waals surface area contributed by atoms with Gasteiger partial charge in [-0.2, -0.15) is 13.8 Å². The van der Waals surface area contributed by atoms with Gasteiger partial charge in [-0.25, -0.2) is 14.5 Å². The van der Waals surface area contributed by atoms with Crippen LogP contribution in [0.1, 0.15) is 57.3 Å². The maximum atomic E-state index is 13.5. The van der Waals surface area contributed by atoms with Gasteiger partial charge in [0.05, 0.1) is 5.56 Å². The van der Waals surface area contributed by atoms with Crippen molar-refractivity contribution in [2.24, 2.45) is 0 Å². The number of aliphatic carboxylic acids is 1. The van der Waals surface area contributed by atoms with E-state index in [-0.39, 0.29) is 19.3 Å². The van der Waals surface area contributed by atoms with Crippen LogP contribution in [0, 0.1) is 11.9 Å². The minimum atomic E-state index is -1.56. The van der Waals surface area contributed by atoms with Crippen molar-refractivity contribution in [1.82, 2.24) is 9.88 Å². The fraction of sp³-hybridized carbons (Fsp3) is 0.500. The van der Waals surface area contributed by atoms with Crippen LogP contribution >= 0.6 is 0 Å². The van der Waals surface area contributed by atoms with Crippen molar-refractivity contribution in [3.8, 4) is 0 Å². The molecule has 0 aromatic carbocycles. The van der Waals surface area contributed by atoms with Crippen molar-refractivity contribution in [3.63, 3.8) is 0 Å². The molecule has 1 rings (SSSR count). The Morgan fingerprint density at radius 2 is 1.82 bits per heavy atom. The van der Waals surface area contributed by atoms with Crippen LogP contribution in [-0.4, -0.2) is 50.4 Å². The molecule has 8 nitrogen and oxygen atoms in total. The van der Waals surface area contributed by atoms with E-state index in [4.69, 9.17) is 4.74 Å². The van der Waals surface area contributed by atoms with Gasteiger partial charge in [-0.05, 0) is 45.7 Å². The molecule has 1 heterocycles. The van der Waals surface area contributed by atoms with E-state index in [1.54, 1.807) is 20.8 Å². The lowest BCUT2D eigenvalue weighted by Crippen LogP contribution is -2.49. The van der Waals surface area contributed by atoms with Crippen molar-refractivity contribution in [2.75, 3.05) is 0 Å². The average molecular weight is 400 g/mol. The van der Waals surface area contributed by atoms with Gasteiger partial charge in [0.15, 0.2) is 5.78 Å². The lowest BCUT2D eigenvalue weighted by atomic mass is 10.0. The molecule has 1 aromatic heterocycles. The summed E-state index contributed by atoms with van der Waals surface area (Å²) in [5.74, 6) is -5.33. The summed E-state index contributed by atoms with van der Waals surface area (Å²) >= 11 is 0. The van der Waals surface area contributed by atoms with Crippen LogP contribution in [0.2, 0.25) is 0 Å². The standard InChI is InChI=1S/C18H22F2N2O6/c1-10(23)22(17(27)28-18(2,3)4)12(16(25)26)6-5-7-13(24)11-8-9-14(19)21-15(11)20/h8-9,12H,5-7H2,1-4H3,(H,25,26). The highest BCUT2D eigenvalue weighted by molar-refractivity contribution is 5.96. The third kappa shape index (κ3) is 6.67. The van der Waals surface area contributed by atoms with E-state index in [0.717, 1.165) is 19.1 Å². The van der Waals surface area contributed by atoms with E-state index in [2.05, 4.69) is 4.98 Å². The number of ether oxygens (including phenoxy) is 1. The van der Waals surface area contributed by atoms with Crippen LogP contribution in [0.3, 0.4) is 0 Å². The summed E-state index contributed by atoms with van der Waals surface area (Å²) in [7, 11) is 0. The van der Waals surface area contributed by atoms with E-state index in [1.165, 1.54) is 0 Å². The summed E-state index contributed by atoms with van der Waals surface area (Å²) in [6.45, 7) is 5.69. The number of hydrogen-bond acceptors (Lipinski definition) is 6. The summed E-state index contributed by atoms with van der Waals surface area (Å²) in [5.41, 5.74) is -1.37. The monoisotopic (exact) mass is 400 g/mol. The second-order valence-electron chi connectivity index (χ2n) is 7.01. The topological polar surface area (TPSA) is 114 Å². The molecule has 28 heavy (non-hydrogen) atoms. The van der Waals surface area contributed by atoms with Crippen molar-refractivity contribution in [3.05, 3.63) is 29.6 Å². The van der Waals surface area contributed by atoms with E-state index in [9.17, 15) is 33.1 Å². The third-order valence-corrected chi connectivity index (χ3v) is 3.52. The van der Waals surface area contributed by atoms with Crippen LogP contribution in [0.4, 0.5) is 13.6 Å².